The summed E-state index contributed by atoms with van der Waals surface area (Å²) in [6.45, 7) is 2.74. The Kier molecular flexibility index (Phi) is 5.87. The van der Waals surface area contributed by atoms with Crippen LogP contribution in [0.5, 0.6) is 5.88 Å². The Morgan fingerprint density at radius 1 is 1.21 bits per heavy atom. The highest BCUT2D eigenvalue weighted by atomic mass is 19.1. The van der Waals surface area contributed by atoms with Gasteiger partial charge < -0.3 is 15.0 Å². The molecule has 1 N–H and O–H groups in total. The third-order valence-corrected chi connectivity index (χ3v) is 5.46. The van der Waals surface area contributed by atoms with Gasteiger partial charge in [-0.15, -0.1) is 0 Å². The van der Waals surface area contributed by atoms with E-state index in [0.717, 1.165) is 0 Å². The molecule has 8 nitrogen and oxygen atoms in total. The zero-order valence-corrected chi connectivity index (χ0v) is 18.3. The number of aromatic nitrogens is 2. The molecule has 3 aromatic rings. The van der Waals surface area contributed by atoms with E-state index in [2.05, 4.69) is 15.3 Å². The molecule has 9 heteroatoms. The van der Waals surface area contributed by atoms with Crippen LogP contribution >= 0.6 is 0 Å². The largest absolute Gasteiger partial charge is 0.481 e. The van der Waals surface area contributed by atoms with E-state index in [1.54, 1.807) is 43.3 Å². The molecular formula is C24H21FN4O4. The third-order valence-electron chi connectivity index (χ3n) is 5.46. The van der Waals surface area contributed by atoms with Crippen LogP contribution in [0.25, 0.3) is 11.1 Å². The van der Waals surface area contributed by atoms with E-state index in [4.69, 9.17) is 4.74 Å². The number of hydrogen-bond acceptors (Lipinski definition) is 6. The summed E-state index contributed by atoms with van der Waals surface area (Å²) in [7, 11) is 1.34. The first-order valence-electron chi connectivity index (χ1n) is 10.2. The summed E-state index contributed by atoms with van der Waals surface area (Å²) in [5.74, 6) is -2.57. The van der Waals surface area contributed by atoms with Crippen molar-refractivity contribution in [1.82, 2.24) is 9.97 Å². The molecule has 1 aromatic carbocycles. The summed E-state index contributed by atoms with van der Waals surface area (Å²) in [6.07, 6.45) is 1.53. The second-order valence-corrected chi connectivity index (χ2v) is 7.61. The van der Waals surface area contributed by atoms with Gasteiger partial charge in [0.1, 0.15) is 6.54 Å². The number of ether oxygens (including phenoxy) is 1. The zero-order chi connectivity index (χ0) is 23.7. The number of methoxy groups -OCH3 is 1. The fraction of sp³-hybridized carbons (Fsp3) is 0.208. The van der Waals surface area contributed by atoms with E-state index in [1.165, 1.54) is 31.2 Å². The van der Waals surface area contributed by atoms with Crippen LogP contribution in [0.1, 0.15) is 35.8 Å². The van der Waals surface area contributed by atoms with Crippen LogP contribution in [0.2, 0.25) is 0 Å². The van der Waals surface area contributed by atoms with Gasteiger partial charge in [0.15, 0.2) is 5.78 Å². The monoisotopic (exact) mass is 448 g/mol. The van der Waals surface area contributed by atoms with Gasteiger partial charge >= 0.3 is 0 Å². The van der Waals surface area contributed by atoms with E-state index < -0.39 is 23.7 Å². The number of nitrogens with one attached hydrogen (secondary N) is 1. The van der Waals surface area contributed by atoms with Crippen molar-refractivity contribution in [3.8, 4) is 17.0 Å². The second-order valence-electron chi connectivity index (χ2n) is 7.61. The first-order chi connectivity index (χ1) is 15.8. The molecule has 1 aliphatic rings. The van der Waals surface area contributed by atoms with Crippen molar-refractivity contribution in [2.75, 3.05) is 23.9 Å². The topological polar surface area (TPSA) is 101 Å². The maximum atomic E-state index is 15.1. The lowest BCUT2D eigenvalue weighted by Gasteiger charge is -2.24. The van der Waals surface area contributed by atoms with Gasteiger partial charge in [-0.2, -0.15) is 9.37 Å². The fourth-order valence-electron chi connectivity index (χ4n) is 3.79. The van der Waals surface area contributed by atoms with E-state index in [1.807, 2.05) is 0 Å². The van der Waals surface area contributed by atoms with Gasteiger partial charge in [-0.05, 0) is 44.2 Å². The number of hydrogen-bond donors (Lipinski definition) is 1. The molecule has 1 aliphatic heterocycles. The molecule has 0 fully saturated rings. The predicted molar refractivity (Wildman–Crippen MR) is 120 cm³/mol. The fourth-order valence-corrected chi connectivity index (χ4v) is 3.79. The Morgan fingerprint density at radius 3 is 2.61 bits per heavy atom. The summed E-state index contributed by atoms with van der Waals surface area (Å²) in [4.78, 5) is 47.0. The van der Waals surface area contributed by atoms with Crippen LogP contribution in [0, 0.1) is 5.95 Å². The standard InChI is InChI=1S/C24H21FN4O4/c1-13-22-17(5-4-10-26-22)21-18(11-20(33-3)28-23(21)25)29(24(13)32)12-19(31)27-16-8-6-15(7-9-16)14(2)30/h4-11,13H,12H2,1-3H3,(H,27,31)/t13-/m1/s1. The van der Waals surface area contributed by atoms with Gasteiger partial charge in [0.2, 0.25) is 23.6 Å². The minimum atomic E-state index is -0.828. The first-order valence-corrected chi connectivity index (χ1v) is 10.2. The first kappa shape index (κ1) is 22.1. The molecule has 0 unspecified atom stereocenters. The van der Waals surface area contributed by atoms with Crippen molar-refractivity contribution in [1.29, 1.82) is 0 Å². The van der Waals surface area contributed by atoms with Crippen LogP contribution in [-0.4, -0.2) is 41.2 Å². The Morgan fingerprint density at radius 2 is 1.94 bits per heavy atom. The van der Waals surface area contributed by atoms with Crippen molar-refractivity contribution >= 4 is 29.0 Å². The maximum Gasteiger partial charge on any atom is 0.244 e. The SMILES string of the molecule is COc1cc2c(c(F)n1)-c1cccnc1[C@@H](C)C(=O)N2CC(=O)Nc1ccc(C(C)=O)cc1. The Hall–Kier alpha value is -4.14. The van der Waals surface area contributed by atoms with Gasteiger partial charge in [0, 0.05) is 29.1 Å². The Bertz CT molecular complexity index is 1260. The highest BCUT2D eigenvalue weighted by molar-refractivity contribution is 6.09. The predicted octanol–water partition coefficient (Wildman–Crippen LogP) is 3.58. The van der Waals surface area contributed by atoms with Crippen molar-refractivity contribution in [2.24, 2.45) is 0 Å². The number of rotatable bonds is 5. The quantitative estimate of drug-likeness (QED) is 0.473. The van der Waals surface area contributed by atoms with E-state index in [9.17, 15) is 14.4 Å². The van der Waals surface area contributed by atoms with Gasteiger partial charge in [0.05, 0.1) is 30.0 Å². The van der Waals surface area contributed by atoms with Crippen LogP contribution in [0.3, 0.4) is 0 Å². The highest BCUT2D eigenvalue weighted by Gasteiger charge is 2.35. The zero-order valence-electron chi connectivity index (χ0n) is 18.3. The number of nitrogens with zero attached hydrogens (tertiary/aromatic N) is 3. The molecule has 0 radical (unpaired) electrons. The van der Waals surface area contributed by atoms with E-state index in [-0.39, 0.29) is 29.5 Å². The highest BCUT2D eigenvalue weighted by Crippen LogP contribution is 2.42. The lowest BCUT2D eigenvalue weighted by atomic mass is 9.98. The molecule has 0 saturated carbocycles. The number of carbonyl (C=O) groups excluding carboxylic acids is 3. The molecule has 168 valence electrons. The number of carbonyl (C=O) groups is 3. The summed E-state index contributed by atoms with van der Waals surface area (Å²) in [5.41, 5.74) is 2.06. The average molecular weight is 448 g/mol. The van der Waals surface area contributed by atoms with Crippen LogP contribution in [0.15, 0.2) is 48.7 Å². The van der Waals surface area contributed by atoms with Crippen LogP contribution < -0.4 is 15.0 Å². The molecule has 1 atom stereocenters. The molecule has 4 rings (SSSR count). The minimum absolute atomic E-state index is 0.0238. The average Bonchev–Trinajstić information content (AvgIpc) is 2.89. The number of pyridine rings is 2. The molecule has 0 bridgehead atoms. The number of halogens is 1. The number of ketones is 1. The summed E-state index contributed by atoms with van der Waals surface area (Å²) in [5, 5.41) is 2.71. The molecule has 2 amide bonds. The van der Waals surface area contributed by atoms with E-state index >= 15 is 4.39 Å². The molecule has 2 aromatic heterocycles. The van der Waals surface area contributed by atoms with Crippen molar-refractivity contribution in [3.05, 3.63) is 65.9 Å². The lowest BCUT2D eigenvalue weighted by molar-refractivity contribution is -0.122. The van der Waals surface area contributed by atoms with Gasteiger partial charge in [-0.25, -0.2) is 0 Å². The van der Waals surface area contributed by atoms with Crippen molar-refractivity contribution in [2.45, 2.75) is 19.8 Å². The van der Waals surface area contributed by atoms with Crippen molar-refractivity contribution in [3.63, 3.8) is 0 Å². The molecular weight excluding hydrogens is 427 g/mol. The van der Waals surface area contributed by atoms with Gasteiger partial charge in [-0.1, -0.05) is 6.07 Å². The Labute approximate surface area is 189 Å². The molecule has 3 heterocycles. The van der Waals surface area contributed by atoms with Gasteiger partial charge in [0.25, 0.3) is 0 Å². The normalized spacial score (nSPS) is 14.7. The molecule has 0 saturated heterocycles. The maximum absolute atomic E-state index is 15.1. The Balaban J connectivity index is 1.72. The summed E-state index contributed by atoms with van der Waals surface area (Å²) in [6, 6.07) is 11.1. The summed E-state index contributed by atoms with van der Waals surface area (Å²) >= 11 is 0. The molecule has 0 spiro atoms. The minimum Gasteiger partial charge on any atom is -0.481 e. The summed E-state index contributed by atoms with van der Waals surface area (Å²) < 4.78 is 20.2. The smallest absolute Gasteiger partial charge is 0.244 e. The third kappa shape index (κ3) is 4.17. The van der Waals surface area contributed by atoms with E-state index in [0.29, 0.717) is 22.5 Å². The number of amides is 2. The van der Waals surface area contributed by atoms with Crippen LogP contribution in [0.4, 0.5) is 15.8 Å². The van der Waals surface area contributed by atoms with Crippen molar-refractivity contribution < 1.29 is 23.5 Å². The van der Waals surface area contributed by atoms with Crippen LogP contribution in [-0.2, 0) is 9.59 Å². The molecule has 33 heavy (non-hydrogen) atoms. The van der Waals surface area contributed by atoms with Gasteiger partial charge in [-0.3, -0.25) is 19.4 Å². The molecule has 0 aliphatic carbocycles. The number of anilines is 2. The number of benzene rings is 1. The number of Topliss-reactive ketones (excluding diaryl/α,β-unsaturated/α-hetero) is 1. The second kappa shape index (κ2) is 8.78. The lowest BCUT2D eigenvalue weighted by Crippen LogP contribution is -2.40. The number of fused-ring (bicyclic) bond motifs is 3.